The van der Waals surface area contributed by atoms with Crippen LogP contribution in [0.2, 0.25) is 0 Å². The molecular formula is C19H16F4N4O5. The molecule has 1 heterocycles. The molecular weight excluding hydrogens is 440 g/mol. The van der Waals surface area contributed by atoms with E-state index in [9.17, 15) is 42.6 Å². The molecule has 2 aromatic carbocycles. The number of alkyl halides is 3. The molecule has 1 aliphatic heterocycles. The number of rotatable bonds is 4. The summed E-state index contributed by atoms with van der Waals surface area (Å²) in [5.41, 5.74) is -2.83. The van der Waals surface area contributed by atoms with E-state index >= 15 is 0 Å². The number of hydrogen-bond acceptors (Lipinski definition) is 6. The molecule has 0 spiro atoms. The highest BCUT2D eigenvalue weighted by molar-refractivity contribution is 5.95. The molecule has 13 heteroatoms. The van der Waals surface area contributed by atoms with Crippen LogP contribution in [0.15, 0.2) is 30.3 Å². The number of hydrogen-bond donors (Lipinski definition) is 0. The molecule has 0 aliphatic carbocycles. The van der Waals surface area contributed by atoms with Gasteiger partial charge in [-0.05, 0) is 25.1 Å². The summed E-state index contributed by atoms with van der Waals surface area (Å²) >= 11 is 0. The second-order valence-electron chi connectivity index (χ2n) is 7.10. The number of amides is 1. The first-order chi connectivity index (χ1) is 14.9. The third kappa shape index (κ3) is 4.45. The summed E-state index contributed by atoms with van der Waals surface area (Å²) in [6.45, 7) is 1.40. The molecule has 0 radical (unpaired) electrons. The molecule has 1 fully saturated rings. The number of carbonyl (C=O) groups is 1. The number of halogens is 4. The van der Waals surface area contributed by atoms with Gasteiger partial charge in [0, 0.05) is 43.9 Å². The maximum atomic E-state index is 14.0. The molecule has 1 saturated heterocycles. The largest absolute Gasteiger partial charge is 0.416 e. The molecule has 0 saturated carbocycles. The van der Waals surface area contributed by atoms with Gasteiger partial charge in [-0.2, -0.15) is 13.2 Å². The van der Waals surface area contributed by atoms with Crippen LogP contribution in [0.4, 0.5) is 34.6 Å². The van der Waals surface area contributed by atoms with Crippen molar-refractivity contribution in [2.75, 3.05) is 31.1 Å². The summed E-state index contributed by atoms with van der Waals surface area (Å²) in [7, 11) is 0. The van der Waals surface area contributed by atoms with E-state index in [-0.39, 0.29) is 43.0 Å². The van der Waals surface area contributed by atoms with Crippen molar-refractivity contribution >= 4 is 23.0 Å². The minimum absolute atomic E-state index is 0.0212. The minimum Gasteiger partial charge on any atom is -0.362 e. The normalized spacial score (nSPS) is 14.4. The van der Waals surface area contributed by atoms with Gasteiger partial charge in [-0.15, -0.1) is 0 Å². The van der Waals surface area contributed by atoms with Gasteiger partial charge >= 0.3 is 6.18 Å². The van der Waals surface area contributed by atoms with Gasteiger partial charge in [0.2, 0.25) is 0 Å². The van der Waals surface area contributed by atoms with Gasteiger partial charge in [0.25, 0.3) is 17.3 Å². The Morgan fingerprint density at radius 2 is 1.56 bits per heavy atom. The van der Waals surface area contributed by atoms with Gasteiger partial charge in [0.05, 0.1) is 21.0 Å². The molecule has 0 unspecified atom stereocenters. The predicted octanol–water partition coefficient (Wildman–Crippen LogP) is 3.93. The van der Waals surface area contributed by atoms with Crippen LogP contribution >= 0.6 is 0 Å². The van der Waals surface area contributed by atoms with Crippen LogP contribution in [0.25, 0.3) is 0 Å². The number of anilines is 1. The third-order valence-corrected chi connectivity index (χ3v) is 5.17. The fraction of sp³-hybridized carbons (Fsp3) is 0.316. The van der Waals surface area contributed by atoms with Crippen LogP contribution in [0.5, 0.6) is 0 Å². The van der Waals surface area contributed by atoms with Crippen LogP contribution in [0, 0.1) is 33.0 Å². The van der Waals surface area contributed by atoms with Gasteiger partial charge in [-0.3, -0.25) is 25.0 Å². The Bertz CT molecular complexity index is 1100. The Labute approximate surface area is 178 Å². The summed E-state index contributed by atoms with van der Waals surface area (Å²) in [5, 5.41) is 22.4. The van der Waals surface area contributed by atoms with E-state index in [0.717, 1.165) is 24.3 Å². The smallest absolute Gasteiger partial charge is 0.362 e. The zero-order valence-electron chi connectivity index (χ0n) is 16.6. The maximum Gasteiger partial charge on any atom is 0.416 e. The Morgan fingerprint density at radius 3 is 2.09 bits per heavy atom. The Balaban J connectivity index is 1.79. The second-order valence-corrected chi connectivity index (χ2v) is 7.10. The molecule has 3 rings (SSSR count). The van der Waals surface area contributed by atoms with Crippen LogP contribution in [0.1, 0.15) is 21.5 Å². The van der Waals surface area contributed by atoms with Crippen LogP contribution in [0.3, 0.4) is 0 Å². The van der Waals surface area contributed by atoms with E-state index in [2.05, 4.69) is 0 Å². The highest BCUT2D eigenvalue weighted by atomic mass is 19.4. The van der Waals surface area contributed by atoms with Gasteiger partial charge < -0.3 is 9.80 Å². The average molecular weight is 456 g/mol. The van der Waals surface area contributed by atoms with E-state index in [0.29, 0.717) is 6.07 Å². The molecule has 0 N–H and O–H groups in total. The topological polar surface area (TPSA) is 110 Å². The molecule has 1 aliphatic rings. The standard InChI is InChI=1S/C19H16F4N4O5/c1-11-14(20)8-12(9-16(11)26(29)30)18(28)25-6-4-24(5-7-25)15-3-2-13(19(21,22)23)10-17(15)27(31)32/h2-3,8-10H,4-7H2,1H3. The molecule has 32 heavy (non-hydrogen) atoms. The highest BCUT2D eigenvalue weighted by Gasteiger charge is 2.34. The summed E-state index contributed by atoms with van der Waals surface area (Å²) in [6.07, 6.45) is -4.74. The first kappa shape index (κ1) is 22.9. The lowest BCUT2D eigenvalue weighted by Crippen LogP contribution is -2.49. The van der Waals surface area contributed by atoms with Crippen LogP contribution in [-0.4, -0.2) is 46.8 Å². The molecule has 0 bridgehead atoms. The van der Waals surface area contributed by atoms with Crippen molar-refractivity contribution in [3.8, 4) is 0 Å². The lowest BCUT2D eigenvalue weighted by Gasteiger charge is -2.36. The van der Waals surface area contributed by atoms with E-state index < -0.39 is 44.7 Å². The number of nitrogens with zero attached hydrogens (tertiary/aromatic N) is 4. The fourth-order valence-electron chi connectivity index (χ4n) is 3.42. The Morgan fingerprint density at radius 1 is 0.969 bits per heavy atom. The Kier molecular flexibility index (Phi) is 6.01. The van der Waals surface area contributed by atoms with Gasteiger partial charge in [-0.1, -0.05) is 0 Å². The summed E-state index contributed by atoms with van der Waals surface area (Å²) in [5.74, 6) is -1.56. The number of benzene rings is 2. The van der Waals surface area contributed by atoms with Crippen molar-refractivity contribution in [2.24, 2.45) is 0 Å². The van der Waals surface area contributed by atoms with E-state index in [1.54, 1.807) is 0 Å². The summed E-state index contributed by atoms with van der Waals surface area (Å²) in [6, 6.07) is 4.10. The number of nitro groups is 2. The lowest BCUT2D eigenvalue weighted by molar-refractivity contribution is -0.385. The number of nitro benzene ring substituents is 2. The monoisotopic (exact) mass is 456 g/mol. The maximum absolute atomic E-state index is 14.0. The zero-order valence-corrected chi connectivity index (χ0v) is 16.6. The van der Waals surface area contributed by atoms with Crippen molar-refractivity contribution in [1.29, 1.82) is 0 Å². The van der Waals surface area contributed by atoms with E-state index in [1.807, 2.05) is 0 Å². The van der Waals surface area contributed by atoms with Crippen LogP contribution in [-0.2, 0) is 6.18 Å². The van der Waals surface area contributed by atoms with Crippen molar-refractivity contribution in [3.63, 3.8) is 0 Å². The average Bonchev–Trinajstić information content (AvgIpc) is 2.73. The van der Waals surface area contributed by atoms with Crippen molar-refractivity contribution in [3.05, 3.63) is 73.1 Å². The van der Waals surface area contributed by atoms with Crippen LogP contribution < -0.4 is 4.90 Å². The molecule has 170 valence electrons. The first-order valence-electron chi connectivity index (χ1n) is 9.24. The molecule has 2 aromatic rings. The summed E-state index contributed by atoms with van der Waals surface area (Å²) in [4.78, 5) is 36.1. The minimum atomic E-state index is -4.74. The van der Waals surface area contributed by atoms with E-state index in [1.165, 1.54) is 16.7 Å². The zero-order chi connectivity index (χ0) is 23.8. The van der Waals surface area contributed by atoms with Crippen molar-refractivity contribution in [2.45, 2.75) is 13.1 Å². The fourth-order valence-corrected chi connectivity index (χ4v) is 3.42. The second kappa shape index (κ2) is 8.40. The quantitative estimate of drug-likeness (QED) is 0.392. The van der Waals surface area contributed by atoms with Crippen molar-refractivity contribution < 1.29 is 32.2 Å². The lowest BCUT2D eigenvalue weighted by atomic mass is 10.1. The molecule has 9 nitrogen and oxygen atoms in total. The van der Waals surface area contributed by atoms with Gasteiger partial charge in [0.15, 0.2) is 0 Å². The van der Waals surface area contributed by atoms with Crippen molar-refractivity contribution in [1.82, 2.24) is 4.90 Å². The molecule has 0 aromatic heterocycles. The predicted molar refractivity (Wildman–Crippen MR) is 104 cm³/mol. The van der Waals surface area contributed by atoms with Gasteiger partial charge in [0.1, 0.15) is 11.5 Å². The SMILES string of the molecule is Cc1c(F)cc(C(=O)N2CCN(c3ccc(C(F)(F)F)cc3[N+](=O)[O-])CC2)cc1[N+](=O)[O-]. The highest BCUT2D eigenvalue weighted by Crippen LogP contribution is 2.37. The number of piperazine rings is 1. The third-order valence-electron chi connectivity index (χ3n) is 5.17. The van der Waals surface area contributed by atoms with Gasteiger partial charge in [-0.25, -0.2) is 4.39 Å². The number of carbonyl (C=O) groups excluding carboxylic acids is 1. The summed E-state index contributed by atoms with van der Waals surface area (Å²) < 4.78 is 52.7. The van der Waals surface area contributed by atoms with E-state index in [4.69, 9.17) is 0 Å². The molecule has 1 amide bonds. The first-order valence-corrected chi connectivity index (χ1v) is 9.24. The molecule has 0 atom stereocenters. The Hall–Kier alpha value is -3.77.